The van der Waals surface area contributed by atoms with Crippen molar-refractivity contribution < 1.29 is 9.59 Å². The van der Waals surface area contributed by atoms with Crippen LogP contribution in [0.1, 0.15) is 46.9 Å². The minimum atomic E-state index is -0.130. The van der Waals surface area contributed by atoms with Gasteiger partial charge >= 0.3 is 0 Å². The van der Waals surface area contributed by atoms with E-state index in [2.05, 4.69) is 10.3 Å². The minimum Gasteiger partial charge on any atom is -0.348 e. The maximum absolute atomic E-state index is 11.9. The summed E-state index contributed by atoms with van der Waals surface area (Å²) in [4.78, 5) is 28.1. The summed E-state index contributed by atoms with van der Waals surface area (Å²) in [5.74, 6) is -0.139. The van der Waals surface area contributed by atoms with Crippen molar-refractivity contribution in [1.82, 2.24) is 10.3 Å². The van der Waals surface area contributed by atoms with Crippen molar-refractivity contribution in [2.45, 2.75) is 32.7 Å². The zero-order valence-electron chi connectivity index (χ0n) is 12.1. The molecule has 0 aliphatic rings. The van der Waals surface area contributed by atoms with Crippen LogP contribution in [0.15, 0.2) is 35.7 Å². The first-order valence-corrected chi connectivity index (χ1v) is 7.74. The molecule has 0 bridgehead atoms. The third kappa shape index (κ3) is 4.49. The van der Waals surface area contributed by atoms with Gasteiger partial charge in [-0.3, -0.25) is 9.59 Å². The van der Waals surface area contributed by atoms with Gasteiger partial charge in [0.25, 0.3) is 0 Å². The van der Waals surface area contributed by atoms with Gasteiger partial charge in [-0.25, -0.2) is 4.98 Å². The quantitative estimate of drug-likeness (QED) is 0.833. The average molecular weight is 302 g/mol. The zero-order chi connectivity index (χ0) is 15.2. The summed E-state index contributed by atoms with van der Waals surface area (Å²) in [6.07, 6.45) is 0.417. The van der Waals surface area contributed by atoms with Crippen molar-refractivity contribution in [2.75, 3.05) is 0 Å². The molecule has 0 fully saturated rings. The molecule has 1 aromatic heterocycles. The fourth-order valence-corrected chi connectivity index (χ4v) is 2.67. The molecular formula is C16H18N2O2S. The van der Waals surface area contributed by atoms with Crippen LogP contribution in [0.4, 0.5) is 0 Å². The maximum Gasteiger partial charge on any atom is 0.220 e. The van der Waals surface area contributed by atoms with Crippen molar-refractivity contribution in [3.63, 3.8) is 0 Å². The molecule has 0 aliphatic heterocycles. The summed E-state index contributed by atoms with van der Waals surface area (Å²) in [5, 5.41) is 5.79. The lowest BCUT2D eigenvalue weighted by Gasteiger charge is -2.11. The van der Waals surface area contributed by atoms with Crippen LogP contribution in [0.2, 0.25) is 0 Å². The number of aromatic nitrogens is 1. The first-order valence-electron chi connectivity index (χ1n) is 6.86. The Morgan fingerprint density at radius 3 is 2.57 bits per heavy atom. The topological polar surface area (TPSA) is 59.1 Å². The molecule has 1 unspecified atom stereocenters. The highest BCUT2D eigenvalue weighted by Gasteiger charge is 2.14. The Morgan fingerprint density at radius 1 is 1.24 bits per heavy atom. The predicted molar refractivity (Wildman–Crippen MR) is 83.4 cm³/mol. The van der Waals surface area contributed by atoms with E-state index in [-0.39, 0.29) is 30.6 Å². The van der Waals surface area contributed by atoms with E-state index in [1.807, 2.05) is 37.4 Å². The molecule has 0 saturated heterocycles. The summed E-state index contributed by atoms with van der Waals surface area (Å²) < 4.78 is 0. The van der Waals surface area contributed by atoms with Gasteiger partial charge < -0.3 is 5.32 Å². The first-order chi connectivity index (χ1) is 10.1. The third-order valence-electron chi connectivity index (χ3n) is 3.13. The van der Waals surface area contributed by atoms with E-state index in [1.54, 1.807) is 23.5 Å². The number of hydrogen-bond donors (Lipinski definition) is 1. The van der Waals surface area contributed by atoms with E-state index < -0.39 is 0 Å². The van der Waals surface area contributed by atoms with Crippen molar-refractivity contribution in [2.24, 2.45) is 0 Å². The van der Waals surface area contributed by atoms with Gasteiger partial charge in [-0.05, 0) is 13.8 Å². The summed E-state index contributed by atoms with van der Waals surface area (Å²) in [6, 6.07) is 8.90. The number of rotatable bonds is 6. The number of thiazole rings is 1. The molecule has 110 valence electrons. The fourth-order valence-electron chi connectivity index (χ4n) is 1.96. The number of aryl methyl sites for hydroxylation is 1. The van der Waals surface area contributed by atoms with Crippen LogP contribution in [-0.2, 0) is 4.79 Å². The second kappa shape index (κ2) is 7.13. The zero-order valence-corrected chi connectivity index (χ0v) is 12.9. The molecule has 0 aliphatic carbocycles. The van der Waals surface area contributed by atoms with E-state index in [0.29, 0.717) is 5.56 Å². The Hall–Kier alpha value is -2.01. The van der Waals surface area contributed by atoms with E-state index in [1.165, 1.54) is 0 Å². The standard InChI is InChI=1S/C16H18N2O2S/c1-11(14-10-21-12(2)18-14)17-16(20)9-8-15(19)13-6-4-3-5-7-13/h3-7,10-11H,8-9H2,1-2H3,(H,17,20). The molecule has 0 spiro atoms. The number of carbonyl (C=O) groups is 2. The molecule has 1 amide bonds. The number of Topliss-reactive ketones (excluding diaryl/α,β-unsaturated/α-hetero) is 1. The fraction of sp³-hybridized carbons (Fsp3) is 0.312. The summed E-state index contributed by atoms with van der Waals surface area (Å²) >= 11 is 1.56. The van der Waals surface area contributed by atoms with Gasteiger partial charge in [0.05, 0.1) is 16.7 Å². The highest BCUT2D eigenvalue weighted by molar-refractivity contribution is 7.09. The monoisotopic (exact) mass is 302 g/mol. The number of ketones is 1. The van der Waals surface area contributed by atoms with Crippen LogP contribution < -0.4 is 5.32 Å². The molecule has 1 aromatic carbocycles. The number of benzene rings is 1. The second-order valence-corrected chi connectivity index (χ2v) is 5.93. The smallest absolute Gasteiger partial charge is 0.220 e. The summed E-state index contributed by atoms with van der Waals surface area (Å²) in [7, 11) is 0. The summed E-state index contributed by atoms with van der Waals surface area (Å²) in [5.41, 5.74) is 1.51. The number of nitrogens with zero attached hydrogens (tertiary/aromatic N) is 1. The van der Waals surface area contributed by atoms with Gasteiger partial charge in [-0.2, -0.15) is 0 Å². The Bertz CT molecular complexity index is 622. The average Bonchev–Trinajstić information content (AvgIpc) is 2.92. The molecule has 21 heavy (non-hydrogen) atoms. The number of carbonyl (C=O) groups excluding carboxylic acids is 2. The Morgan fingerprint density at radius 2 is 1.95 bits per heavy atom. The van der Waals surface area contributed by atoms with Crippen LogP contribution in [-0.4, -0.2) is 16.7 Å². The molecule has 5 heteroatoms. The highest BCUT2D eigenvalue weighted by Crippen LogP contribution is 2.16. The maximum atomic E-state index is 11.9. The molecule has 2 aromatic rings. The van der Waals surface area contributed by atoms with E-state index >= 15 is 0 Å². The van der Waals surface area contributed by atoms with Gasteiger partial charge in [0.1, 0.15) is 0 Å². The molecule has 0 radical (unpaired) electrons. The van der Waals surface area contributed by atoms with Crippen LogP contribution in [0.25, 0.3) is 0 Å². The lowest BCUT2D eigenvalue weighted by atomic mass is 10.1. The SMILES string of the molecule is Cc1nc(C(C)NC(=O)CCC(=O)c2ccccc2)cs1. The Kier molecular flexibility index (Phi) is 5.22. The summed E-state index contributed by atoms with van der Waals surface area (Å²) in [6.45, 7) is 3.83. The molecule has 1 N–H and O–H groups in total. The Balaban J connectivity index is 1.81. The van der Waals surface area contributed by atoms with E-state index in [9.17, 15) is 9.59 Å². The lowest BCUT2D eigenvalue weighted by Crippen LogP contribution is -2.27. The van der Waals surface area contributed by atoms with Crippen molar-refractivity contribution >= 4 is 23.0 Å². The van der Waals surface area contributed by atoms with Crippen LogP contribution >= 0.6 is 11.3 Å². The molecule has 0 saturated carbocycles. The van der Waals surface area contributed by atoms with E-state index in [4.69, 9.17) is 0 Å². The van der Waals surface area contributed by atoms with Gasteiger partial charge in [0.15, 0.2) is 5.78 Å². The van der Waals surface area contributed by atoms with Crippen LogP contribution in [0.5, 0.6) is 0 Å². The molecular weight excluding hydrogens is 284 g/mol. The van der Waals surface area contributed by atoms with Gasteiger partial charge in [0, 0.05) is 23.8 Å². The van der Waals surface area contributed by atoms with Crippen molar-refractivity contribution in [3.8, 4) is 0 Å². The highest BCUT2D eigenvalue weighted by atomic mass is 32.1. The van der Waals surface area contributed by atoms with Gasteiger partial charge in [-0.1, -0.05) is 30.3 Å². The number of nitrogens with one attached hydrogen (secondary N) is 1. The molecule has 2 rings (SSSR count). The lowest BCUT2D eigenvalue weighted by molar-refractivity contribution is -0.121. The number of amides is 1. The normalized spacial score (nSPS) is 11.9. The molecule has 1 heterocycles. The largest absolute Gasteiger partial charge is 0.348 e. The first kappa shape index (κ1) is 15.4. The molecule has 4 nitrogen and oxygen atoms in total. The van der Waals surface area contributed by atoms with Crippen LogP contribution in [0.3, 0.4) is 0 Å². The van der Waals surface area contributed by atoms with E-state index in [0.717, 1.165) is 10.7 Å². The van der Waals surface area contributed by atoms with Gasteiger partial charge in [-0.15, -0.1) is 11.3 Å². The molecule has 1 atom stereocenters. The van der Waals surface area contributed by atoms with Crippen molar-refractivity contribution in [1.29, 1.82) is 0 Å². The third-order valence-corrected chi connectivity index (χ3v) is 3.92. The predicted octanol–water partition coefficient (Wildman–Crippen LogP) is 3.29. The van der Waals surface area contributed by atoms with Gasteiger partial charge in [0.2, 0.25) is 5.91 Å². The minimum absolute atomic E-state index is 0.0112. The Labute approximate surface area is 128 Å². The number of hydrogen-bond acceptors (Lipinski definition) is 4. The van der Waals surface area contributed by atoms with Crippen LogP contribution in [0, 0.1) is 6.92 Å². The second-order valence-electron chi connectivity index (χ2n) is 4.87. The van der Waals surface area contributed by atoms with Crippen molar-refractivity contribution in [3.05, 3.63) is 52.0 Å².